The second-order valence-corrected chi connectivity index (χ2v) is 5.92. The van der Waals surface area contributed by atoms with E-state index in [1.54, 1.807) is 6.20 Å². The van der Waals surface area contributed by atoms with Crippen molar-refractivity contribution in [2.24, 2.45) is 11.1 Å². The number of nitrogens with zero attached hydrogens (tertiary/aromatic N) is 1. The number of nitrogens with two attached hydrogens (primary N) is 1. The van der Waals surface area contributed by atoms with Gasteiger partial charge in [-0.25, -0.2) is 0 Å². The van der Waals surface area contributed by atoms with Gasteiger partial charge in [0.1, 0.15) is 0 Å². The quantitative estimate of drug-likeness (QED) is 0.809. The lowest BCUT2D eigenvalue weighted by atomic mass is 9.84. The van der Waals surface area contributed by atoms with Gasteiger partial charge in [-0.05, 0) is 43.5 Å². The molecule has 0 saturated heterocycles. The third-order valence-electron chi connectivity index (χ3n) is 4.50. The van der Waals surface area contributed by atoms with Crippen molar-refractivity contribution in [1.82, 2.24) is 10.2 Å². The Morgan fingerprint density at radius 2 is 2.14 bits per heavy atom. The molecule has 4 N–H and O–H groups in total. The summed E-state index contributed by atoms with van der Waals surface area (Å²) in [5.41, 5.74) is 8.42. The fourth-order valence-corrected chi connectivity index (χ4v) is 2.90. The van der Waals surface area contributed by atoms with Crippen LogP contribution in [0.25, 0.3) is 11.3 Å². The van der Waals surface area contributed by atoms with E-state index in [4.69, 9.17) is 5.73 Å². The number of anilines is 1. The molecular weight excluding hydrogens is 264 g/mol. The maximum Gasteiger partial charge on any atom is 0.231 e. The molecule has 1 aromatic carbocycles. The number of aromatic nitrogens is 2. The van der Waals surface area contributed by atoms with Crippen LogP contribution in [0.5, 0.6) is 0 Å². The molecule has 1 saturated carbocycles. The lowest BCUT2D eigenvalue weighted by Gasteiger charge is -2.27. The van der Waals surface area contributed by atoms with Crippen LogP contribution >= 0.6 is 0 Å². The third-order valence-corrected chi connectivity index (χ3v) is 4.50. The van der Waals surface area contributed by atoms with Crippen molar-refractivity contribution >= 4 is 11.6 Å². The fourth-order valence-electron chi connectivity index (χ4n) is 2.90. The van der Waals surface area contributed by atoms with Crippen LogP contribution < -0.4 is 11.1 Å². The summed E-state index contributed by atoms with van der Waals surface area (Å²) in [7, 11) is 0. The minimum absolute atomic E-state index is 0.0155. The van der Waals surface area contributed by atoms with E-state index in [0.717, 1.165) is 36.2 Å². The molecule has 2 unspecified atom stereocenters. The number of hydrogen-bond acceptors (Lipinski definition) is 3. The van der Waals surface area contributed by atoms with Crippen molar-refractivity contribution in [2.45, 2.75) is 32.2 Å². The van der Waals surface area contributed by atoms with Gasteiger partial charge >= 0.3 is 0 Å². The van der Waals surface area contributed by atoms with E-state index in [0.29, 0.717) is 0 Å². The number of nitrogens with one attached hydrogen (secondary N) is 2. The number of benzene rings is 1. The van der Waals surface area contributed by atoms with Crippen LogP contribution in [-0.4, -0.2) is 22.1 Å². The summed E-state index contributed by atoms with van der Waals surface area (Å²) < 4.78 is 0. The molecule has 2 aromatic rings. The monoisotopic (exact) mass is 284 g/mol. The van der Waals surface area contributed by atoms with Gasteiger partial charge in [0.15, 0.2) is 0 Å². The molecule has 5 heteroatoms. The molecule has 110 valence electrons. The maximum atomic E-state index is 12.5. The molecule has 1 heterocycles. The minimum atomic E-state index is -0.456. The van der Waals surface area contributed by atoms with E-state index >= 15 is 0 Å². The van der Waals surface area contributed by atoms with Gasteiger partial charge in [0, 0.05) is 17.9 Å². The van der Waals surface area contributed by atoms with Crippen LogP contribution in [0.2, 0.25) is 0 Å². The molecule has 5 nitrogen and oxygen atoms in total. The number of rotatable bonds is 3. The van der Waals surface area contributed by atoms with Crippen molar-refractivity contribution in [2.75, 3.05) is 5.32 Å². The first-order chi connectivity index (χ1) is 10.1. The Hall–Kier alpha value is -2.14. The lowest BCUT2D eigenvalue weighted by Crippen LogP contribution is -2.44. The number of carbonyl (C=O) groups is 1. The SMILES string of the molecule is CC1(C(=O)Nc2ccc(-c3ccn[nH]3)cc2)CCCC1N. The number of aromatic amines is 1. The fraction of sp³-hybridized carbons (Fsp3) is 0.375. The summed E-state index contributed by atoms with van der Waals surface area (Å²) in [4.78, 5) is 12.5. The largest absolute Gasteiger partial charge is 0.327 e. The van der Waals surface area contributed by atoms with Crippen LogP contribution in [0.4, 0.5) is 5.69 Å². The van der Waals surface area contributed by atoms with Gasteiger partial charge in [0.25, 0.3) is 0 Å². The Morgan fingerprint density at radius 1 is 1.38 bits per heavy atom. The van der Waals surface area contributed by atoms with Crippen molar-refractivity contribution in [3.05, 3.63) is 36.5 Å². The molecule has 0 aliphatic heterocycles. The predicted molar refractivity (Wildman–Crippen MR) is 82.6 cm³/mol. The Bertz CT molecular complexity index is 620. The Labute approximate surface area is 123 Å². The second-order valence-electron chi connectivity index (χ2n) is 5.92. The molecular formula is C16H20N4O. The first kappa shape index (κ1) is 13.8. The Balaban J connectivity index is 1.72. The summed E-state index contributed by atoms with van der Waals surface area (Å²) >= 11 is 0. The predicted octanol–water partition coefficient (Wildman–Crippen LogP) is 2.53. The van der Waals surface area contributed by atoms with Crippen molar-refractivity contribution < 1.29 is 4.79 Å². The van der Waals surface area contributed by atoms with Gasteiger partial charge in [-0.2, -0.15) is 5.10 Å². The van der Waals surface area contributed by atoms with Crippen LogP contribution in [-0.2, 0) is 4.79 Å². The lowest BCUT2D eigenvalue weighted by molar-refractivity contribution is -0.125. The van der Waals surface area contributed by atoms with Crippen LogP contribution in [0.15, 0.2) is 36.5 Å². The highest BCUT2D eigenvalue weighted by atomic mass is 16.2. The highest BCUT2D eigenvalue weighted by Gasteiger charge is 2.42. The minimum Gasteiger partial charge on any atom is -0.327 e. The van der Waals surface area contributed by atoms with Crippen LogP contribution in [0, 0.1) is 5.41 Å². The molecule has 1 aliphatic rings. The summed E-state index contributed by atoms with van der Waals surface area (Å²) in [6.07, 6.45) is 4.51. The summed E-state index contributed by atoms with van der Waals surface area (Å²) in [5.74, 6) is 0.0155. The molecule has 1 aromatic heterocycles. The molecule has 1 amide bonds. The Kier molecular flexibility index (Phi) is 3.51. The molecule has 0 bridgehead atoms. The standard InChI is InChI=1S/C16H20N4O/c1-16(9-2-3-14(16)17)15(21)19-12-6-4-11(5-7-12)13-8-10-18-20-13/h4-8,10,14H,2-3,9,17H2,1H3,(H,18,20)(H,19,21). The van der Waals surface area contributed by atoms with Crippen molar-refractivity contribution in [3.8, 4) is 11.3 Å². The average molecular weight is 284 g/mol. The van der Waals surface area contributed by atoms with Gasteiger partial charge < -0.3 is 11.1 Å². The van der Waals surface area contributed by atoms with Crippen LogP contribution in [0.1, 0.15) is 26.2 Å². The van der Waals surface area contributed by atoms with Gasteiger partial charge in [-0.3, -0.25) is 9.89 Å². The number of H-pyrrole nitrogens is 1. The molecule has 1 aliphatic carbocycles. The molecule has 21 heavy (non-hydrogen) atoms. The van der Waals surface area contributed by atoms with E-state index < -0.39 is 5.41 Å². The van der Waals surface area contributed by atoms with Gasteiger partial charge in [0.2, 0.25) is 5.91 Å². The van der Waals surface area contributed by atoms with Crippen molar-refractivity contribution in [1.29, 1.82) is 0 Å². The summed E-state index contributed by atoms with van der Waals surface area (Å²) in [6.45, 7) is 1.96. The van der Waals surface area contributed by atoms with Gasteiger partial charge in [0.05, 0.1) is 11.1 Å². The van der Waals surface area contributed by atoms with E-state index in [1.165, 1.54) is 0 Å². The zero-order valence-corrected chi connectivity index (χ0v) is 12.1. The van der Waals surface area contributed by atoms with E-state index in [-0.39, 0.29) is 11.9 Å². The molecule has 1 fully saturated rings. The van der Waals surface area contributed by atoms with Gasteiger partial charge in [-0.1, -0.05) is 18.6 Å². The molecule has 3 rings (SSSR count). The van der Waals surface area contributed by atoms with E-state index in [9.17, 15) is 4.79 Å². The van der Waals surface area contributed by atoms with Crippen molar-refractivity contribution in [3.63, 3.8) is 0 Å². The molecule has 0 radical (unpaired) electrons. The zero-order valence-electron chi connectivity index (χ0n) is 12.1. The highest BCUT2D eigenvalue weighted by molar-refractivity contribution is 5.96. The molecule has 0 spiro atoms. The smallest absolute Gasteiger partial charge is 0.231 e. The maximum absolute atomic E-state index is 12.5. The number of amides is 1. The van der Waals surface area contributed by atoms with Crippen LogP contribution in [0.3, 0.4) is 0 Å². The number of carbonyl (C=O) groups excluding carboxylic acids is 1. The zero-order chi connectivity index (χ0) is 14.9. The first-order valence-electron chi connectivity index (χ1n) is 7.26. The molecule has 2 atom stereocenters. The third kappa shape index (κ3) is 2.56. The van der Waals surface area contributed by atoms with E-state index in [1.807, 2.05) is 37.3 Å². The Morgan fingerprint density at radius 3 is 2.71 bits per heavy atom. The highest BCUT2D eigenvalue weighted by Crippen LogP contribution is 2.37. The summed E-state index contributed by atoms with van der Waals surface area (Å²) in [5, 5.41) is 9.83. The number of hydrogen-bond donors (Lipinski definition) is 3. The van der Waals surface area contributed by atoms with Gasteiger partial charge in [-0.15, -0.1) is 0 Å². The first-order valence-corrected chi connectivity index (χ1v) is 7.26. The average Bonchev–Trinajstić information content (AvgIpc) is 3.12. The normalized spacial score (nSPS) is 25.0. The van der Waals surface area contributed by atoms with E-state index in [2.05, 4.69) is 15.5 Å². The second kappa shape index (κ2) is 5.33. The summed E-state index contributed by atoms with van der Waals surface area (Å²) in [6, 6.07) is 9.57. The topological polar surface area (TPSA) is 83.8 Å².